The fourth-order valence-electron chi connectivity index (χ4n) is 3.95. The minimum atomic E-state index is -0.606. The summed E-state index contributed by atoms with van der Waals surface area (Å²) >= 11 is 0. The molecular formula is C27H28FNO3. The molecule has 0 saturated heterocycles. The summed E-state index contributed by atoms with van der Waals surface area (Å²) in [5.74, 6) is 0.416. The molecule has 0 spiro atoms. The van der Waals surface area contributed by atoms with Gasteiger partial charge in [-0.05, 0) is 73.7 Å². The van der Waals surface area contributed by atoms with Gasteiger partial charge in [-0.1, -0.05) is 48.5 Å². The molecule has 1 aliphatic rings. The number of benzene rings is 3. The van der Waals surface area contributed by atoms with Crippen molar-refractivity contribution < 1.29 is 18.7 Å². The van der Waals surface area contributed by atoms with Crippen LogP contribution in [-0.4, -0.2) is 23.1 Å². The highest BCUT2D eigenvalue weighted by Crippen LogP contribution is 2.38. The third kappa shape index (κ3) is 5.10. The molecule has 0 bridgehead atoms. The van der Waals surface area contributed by atoms with E-state index < -0.39 is 5.60 Å². The molecule has 1 amide bonds. The summed E-state index contributed by atoms with van der Waals surface area (Å²) < 4.78 is 25.4. The van der Waals surface area contributed by atoms with E-state index in [-0.39, 0.29) is 18.0 Å². The number of hydrogen-bond donors (Lipinski definition) is 0. The van der Waals surface area contributed by atoms with E-state index in [0.29, 0.717) is 19.6 Å². The maximum atomic E-state index is 13.6. The highest BCUT2D eigenvalue weighted by molar-refractivity contribution is 5.70. The number of nitrogens with zero attached hydrogens (tertiary/aromatic N) is 1. The van der Waals surface area contributed by atoms with Gasteiger partial charge >= 0.3 is 6.09 Å². The Balaban J connectivity index is 1.68. The molecule has 0 aromatic heterocycles. The molecule has 32 heavy (non-hydrogen) atoms. The van der Waals surface area contributed by atoms with Gasteiger partial charge in [-0.2, -0.15) is 0 Å². The monoisotopic (exact) mass is 433 g/mol. The van der Waals surface area contributed by atoms with Crippen LogP contribution in [0.25, 0.3) is 0 Å². The Morgan fingerprint density at radius 2 is 1.75 bits per heavy atom. The lowest BCUT2D eigenvalue weighted by Crippen LogP contribution is -2.43. The second-order valence-corrected chi connectivity index (χ2v) is 9.01. The molecule has 0 N–H and O–H groups in total. The van der Waals surface area contributed by atoms with E-state index in [1.807, 2.05) is 63.2 Å². The lowest BCUT2D eigenvalue weighted by Gasteiger charge is -2.38. The minimum absolute atomic E-state index is 0.312. The van der Waals surface area contributed by atoms with E-state index in [1.165, 1.54) is 12.1 Å². The van der Waals surface area contributed by atoms with Crippen molar-refractivity contribution in [1.82, 2.24) is 4.90 Å². The van der Waals surface area contributed by atoms with Crippen molar-refractivity contribution in [3.8, 4) is 5.75 Å². The lowest BCUT2D eigenvalue weighted by atomic mass is 9.88. The van der Waals surface area contributed by atoms with Gasteiger partial charge in [0.15, 0.2) is 0 Å². The van der Waals surface area contributed by atoms with Crippen LogP contribution in [0.1, 0.15) is 49.1 Å². The predicted molar refractivity (Wildman–Crippen MR) is 122 cm³/mol. The summed E-state index contributed by atoms with van der Waals surface area (Å²) in [4.78, 5) is 14.8. The predicted octanol–water partition coefficient (Wildman–Crippen LogP) is 6.29. The molecule has 0 saturated carbocycles. The number of carbonyl (C=O) groups is 1. The standard InChI is InChI=1S/C27H28FNO3/c1-27(2,3)32-26(30)29-16-15-20-11-14-23(31-18-19-7-5-4-6-8-19)17-24(20)25(29)21-9-12-22(28)13-10-21/h4-14,17,25H,15-16,18H2,1-3H3/t25-/m0/s1. The zero-order valence-electron chi connectivity index (χ0n) is 18.7. The van der Waals surface area contributed by atoms with Crippen LogP contribution in [0.3, 0.4) is 0 Å². The van der Waals surface area contributed by atoms with Crippen molar-refractivity contribution in [2.45, 2.75) is 45.4 Å². The normalized spacial score (nSPS) is 15.8. The smallest absolute Gasteiger partial charge is 0.411 e. The maximum Gasteiger partial charge on any atom is 0.411 e. The van der Waals surface area contributed by atoms with Crippen LogP contribution in [0.5, 0.6) is 5.75 Å². The fraction of sp³-hybridized carbons (Fsp3) is 0.296. The first-order valence-electron chi connectivity index (χ1n) is 10.8. The first kappa shape index (κ1) is 21.9. The Morgan fingerprint density at radius 1 is 1.03 bits per heavy atom. The van der Waals surface area contributed by atoms with Crippen LogP contribution in [0.4, 0.5) is 9.18 Å². The van der Waals surface area contributed by atoms with Crippen LogP contribution in [0.2, 0.25) is 0 Å². The first-order valence-corrected chi connectivity index (χ1v) is 10.8. The van der Waals surface area contributed by atoms with Crippen LogP contribution in [0, 0.1) is 5.82 Å². The molecule has 1 aliphatic heterocycles. The second-order valence-electron chi connectivity index (χ2n) is 9.01. The van der Waals surface area contributed by atoms with Gasteiger partial charge < -0.3 is 9.47 Å². The van der Waals surface area contributed by atoms with E-state index in [0.717, 1.165) is 28.0 Å². The highest BCUT2D eigenvalue weighted by atomic mass is 19.1. The molecule has 0 fully saturated rings. The molecule has 3 aromatic rings. The number of halogens is 1. The van der Waals surface area contributed by atoms with Crippen LogP contribution < -0.4 is 4.74 Å². The van der Waals surface area contributed by atoms with E-state index in [1.54, 1.807) is 17.0 Å². The van der Waals surface area contributed by atoms with Crippen LogP contribution in [-0.2, 0) is 17.8 Å². The Labute approximate surface area is 188 Å². The van der Waals surface area contributed by atoms with Crippen molar-refractivity contribution in [2.75, 3.05) is 6.54 Å². The van der Waals surface area contributed by atoms with Crippen molar-refractivity contribution in [3.05, 3.63) is 101 Å². The summed E-state index contributed by atoms with van der Waals surface area (Å²) in [5, 5.41) is 0. The third-order valence-corrected chi connectivity index (χ3v) is 5.41. The summed E-state index contributed by atoms with van der Waals surface area (Å²) in [6.45, 7) is 6.53. The third-order valence-electron chi connectivity index (χ3n) is 5.41. The Kier molecular flexibility index (Phi) is 6.17. The fourth-order valence-corrected chi connectivity index (χ4v) is 3.95. The highest BCUT2D eigenvalue weighted by Gasteiger charge is 2.35. The first-order chi connectivity index (χ1) is 15.3. The molecule has 1 atom stereocenters. The number of rotatable bonds is 4. The van der Waals surface area contributed by atoms with Gasteiger partial charge in [0.25, 0.3) is 0 Å². The summed E-state index contributed by atoms with van der Waals surface area (Å²) in [7, 11) is 0. The van der Waals surface area contributed by atoms with Crippen molar-refractivity contribution in [3.63, 3.8) is 0 Å². The quantitative estimate of drug-likeness (QED) is 0.486. The van der Waals surface area contributed by atoms with Gasteiger partial charge in [0.05, 0.1) is 6.04 Å². The van der Waals surface area contributed by atoms with Crippen LogP contribution in [0.15, 0.2) is 72.8 Å². The molecule has 5 heteroatoms. The molecule has 4 rings (SSSR count). The van der Waals surface area contributed by atoms with Gasteiger partial charge in [-0.25, -0.2) is 9.18 Å². The average Bonchev–Trinajstić information content (AvgIpc) is 2.77. The van der Waals surface area contributed by atoms with Gasteiger partial charge in [-0.15, -0.1) is 0 Å². The SMILES string of the molecule is CC(C)(C)OC(=O)N1CCc2ccc(OCc3ccccc3)cc2[C@@H]1c1ccc(F)cc1. The lowest BCUT2D eigenvalue weighted by molar-refractivity contribution is 0.0178. The number of ether oxygens (including phenoxy) is 2. The summed E-state index contributed by atoms with van der Waals surface area (Å²) in [6, 6.07) is 21.9. The number of fused-ring (bicyclic) bond motifs is 1. The van der Waals surface area contributed by atoms with Crippen molar-refractivity contribution in [2.24, 2.45) is 0 Å². The van der Waals surface area contributed by atoms with Crippen molar-refractivity contribution >= 4 is 6.09 Å². The van der Waals surface area contributed by atoms with Gasteiger partial charge in [0.1, 0.15) is 23.8 Å². The zero-order valence-corrected chi connectivity index (χ0v) is 18.7. The molecular weight excluding hydrogens is 405 g/mol. The van der Waals surface area contributed by atoms with E-state index in [4.69, 9.17) is 9.47 Å². The Hall–Kier alpha value is -3.34. The zero-order chi connectivity index (χ0) is 22.7. The van der Waals surface area contributed by atoms with Gasteiger partial charge in [-0.3, -0.25) is 4.90 Å². The van der Waals surface area contributed by atoms with E-state index >= 15 is 0 Å². The van der Waals surface area contributed by atoms with Gasteiger partial charge in [0, 0.05) is 6.54 Å². The number of amides is 1. The number of carbonyl (C=O) groups excluding carboxylic acids is 1. The molecule has 0 radical (unpaired) electrons. The molecule has 0 aliphatic carbocycles. The topological polar surface area (TPSA) is 38.8 Å². The number of hydrogen-bond acceptors (Lipinski definition) is 3. The van der Waals surface area contributed by atoms with E-state index in [9.17, 15) is 9.18 Å². The average molecular weight is 434 g/mol. The summed E-state index contributed by atoms with van der Waals surface area (Å²) in [5.41, 5.74) is 3.42. The molecule has 166 valence electrons. The molecule has 3 aromatic carbocycles. The molecule has 0 unspecified atom stereocenters. The Bertz CT molecular complexity index is 1070. The Morgan fingerprint density at radius 3 is 2.44 bits per heavy atom. The largest absolute Gasteiger partial charge is 0.489 e. The van der Waals surface area contributed by atoms with Crippen molar-refractivity contribution in [1.29, 1.82) is 0 Å². The molecule has 4 nitrogen and oxygen atoms in total. The van der Waals surface area contributed by atoms with E-state index in [2.05, 4.69) is 6.07 Å². The van der Waals surface area contributed by atoms with Crippen LogP contribution >= 0.6 is 0 Å². The minimum Gasteiger partial charge on any atom is -0.489 e. The second kappa shape index (κ2) is 9.03. The summed E-state index contributed by atoms with van der Waals surface area (Å²) in [6.07, 6.45) is 0.332. The maximum absolute atomic E-state index is 13.6. The van der Waals surface area contributed by atoms with Gasteiger partial charge in [0.2, 0.25) is 0 Å². The molecule has 1 heterocycles.